The van der Waals surface area contributed by atoms with E-state index in [0.717, 1.165) is 5.69 Å². The Labute approximate surface area is 101 Å². The van der Waals surface area contributed by atoms with Gasteiger partial charge in [-0.25, -0.2) is 9.97 Å². The van der Waals surface area contributed by atoms with E-state index in [0.29, 0.717) is 17.6 Å². The van der Waals surface area contributed by atoms with E-state index in [1.165, 1.54) is 11.9 Å². The number of aromatic nitrogens is 2. The Hall–Kier alpha value is -2.10. The Morgan fingerprint density at radius 2 is 2.00 bits per heavy atom. The molecule has 0 bridgehead atoms. The summed E-state index contributed by atoms with van der Waals surface area (Å²) < 4.78 is 0. The van der Waals surface area contributed by atoms with Crippen molar-refractivity contribution in [2.75, 3.05) is 11.1 Å². The highest BCUT2D eigenvalue weighted by Gasteiger charge is 2.01. The maximum absolute atomic E-state index is 5.60. The maximum Gasteiger partial charge on any atom is 0.135 e. The minimum atomic E-state index is 0.461. The lowest BCUT2D eigenvalue weighted by Crippen LogP contribution is -1.98. The minimum Gasteiger partial charge on any atom is -0.384 e. The summed E-state index contributed by atoms with van der Waals surface area (Å²) in [4.78, 5) is 7.96. The van der Waals surface area contributed by atoms with Gasteiger partial charge < -0.3 is 11.1 Å². The zero-order valence-electron chi connectivity index (χ0n) is 10.0. The quantitative estimate of drug-likeness (QED) is 0.847. The number of hydrogen-bond acceptors (Lipinski definition) is 4. The molecule has 1 aromatic carbocycles. The molecule has 0 saturated heterocycles. The van der Waals surface area contributed by atoms with Gasteiger partial charge in [-0.1, -0.05) is 26.0 Å². The molecule has 1 aromatic heterocycles. The lowest BCUT2D eigenvalue weighted by molar-refractivity contribution is 0.867. The summed E-state index contributed by atoms with van der Waals surface area (Å²) in [6, 6.07) is 9.97. The van der Waals surface area contributed by atoms with Crippen LogP contribution in [0, 0.1) is 0 Å². The van der Waals surface area contributed by atoms with Crippen molar-refractivity contribution in [3.8, 4) is 0 Å². The smallest absolute Gasteiger partial charge is 0.135 e. The Balaban J connectivity index is 2.21. The molecule has 3 N–H and O–H groups in total. The lowest BCUT2D eigenvalue weighted by Gasteiger charge is -2.09. The van der Waals surface area contributed by atoms with Crippen molar-refractivity contribution in [1.82, 2.24) is 9.97 Å². The van der Waals surface area contributed by atoms with Crippen LogP contribution in [0.25, 0.3) is 0 Å². The van der Waals surface area contributed by atoms with E-state index in [4.69, 9.17) is 5.73 Å². The second kappa shape index (κ2) is 4.82. The number of nitrogens with two attached hydrogens (primary N) is 1. The fourth-order valence-corrected chi connectivity index (χ4v) is 1.56. The van der Waals surface area contributed by atoms with Crippen LogP contribution < -0.4 is 11.1 Å². The fourth-order valence-electron chi connectivity index (χ4n) is 1.56. The predicted octanol–water partition coefficient (Wildman–Crippen LogP) is 2.93. The summed E-state index contributed by atoms with van der Waals surface area (Å²) in [5.41, 5.74) is 7.90. The van der Waals surface area contributed by atoms with Gasteiger partial charge in [-0.3, -0.25) is 0 Å². The van der Waals surface area contributed by atoms with Crippen LogP contribution in [0.15, 0.2) is 36.7 Å². The number of hydrogen-bond donors (Lipinski definition) is 2. The van der Waals surface area contributed by atoms with Gasteiger partial charge >= 0.3 is 0 Å². The molecule has 4 heteroatoms. The number of rotatable bonds is 3. The average Bonchev–Trinajstić information content (AvgIpc) is 2.29. The molecule has 17 heavy (non-hydrogen) atoms. The van der Waals surface area contributed by atoms with Gasteiger partial charge in [0.05, 0.1) is 0 Å². The van der Waals surface area contributed by atoms with Crippen molar-refractivity contribution >= 4 is 17.3 Å². The highest BCUT2D eigenvalue weighted by molar-refractivity contribution is 5.59. The number of anilines is 3. The number of nitrogen functional groups attached to an aromatic ring is 1. The Morgan fingerprint density at radius 3 is 2.71 bits per heavy atom. The van der Waals surface area contributed by atoms with E-state index >= 15 is 0 Å². The Bertz CT molecular complexity index is 508. The largest absolute Gasteiger partial charge is 0.384 e. The Kier molecular flexibility index (Phi) is 3.23. The van der Waals surface area contributed by atoms with E-state index in [1.54, 1.807) is 6.07 Å². The fraction of sp³-hybridized carbons (Fsp3) is 0.231. The van der Waals surface area contributed by atoms with Crippen LogP contribution in [-0.2, 0) is 0 Å². The molecule has 0 aliphatic heterocycles. The van der Waals surface area contributed by atoms with Crippen molar-refractivity contribution in [3.05, 3.63) is 42.2 Å². The van der Waals surface area contributed by atoms with E-state index in [9.17, 15) is 0 Å². The number of nitrogens with one attached hydrogen (secondary N) is 1. The topological polar surface area (TPSA) is 63.8 Å². The van der Waals surface area contributed by atoms with Gasteiger partial charge in [0.1, 0.15) is 18.0 Å². The van der Waals surface area contributed by atoms with E-state index in [-0.39, 0.29) is 0 Å². The minimum absolute atomic E-state index is 0.461. The van der Waals surface area contributed by atoms with Crippen molar-refractivity contribution in [3.63, 3.8) is 0 Å². The molecular weight excluding hydrogens is 212 g/mol. The summed E-state index contributed by atoms with van der Waals surface area (Å²) >= 11 is 0. The van der Waals surface area contributed by atoms with E-state index in [2.05, 4.69) is 41.3 Å². The third kappa shape index (κ3) is 2.93. The molecule has 2 aromatic rings. The van der Waals surface area contributed by atoms with E-state index < -0.39 is 0 Å². The summed E-state index contributed by atoms with van der Waals surface area (Å²) in [6.45, 7) is 4.34. The Morgan fingerprint density at radius 1 is 1.18 bits per heavy atom. The summed E-state index contributed by atoms with van der Waals surface area (Å²) in [6.07, 6.45) is 1.45. The molecule has 0 unspecified atom stereocenters. The molecular formula is C13H16N4. The van der Waals surface area contributed by atoms with Gasteiger partial charge in [0.15, 0.2) is 0 Å². The highest BCUT2D eigenvalue weighted by atomic mass is 15.0. The first-order valence-corrected chi connectivity index (χ1v) is 5.59. The van der Waals surface area contributed by atoms with Crippen molar-refractivity contribution in [2.24, 2.45) is 0 Å². The molecule has 0 aliphatic carbocycles. The van der Waals surface area contributed by atoms with Crippen LogP contribution >= 0.6 is 0 Å². The molecule has 1 heterocycles. The standard InChI is InChI=1S/C13H16N4/c1-9(2)10-4-3-5-11(6-10)17-13-7-12(14)15-8-16-13/h3-9H,1-2H3,(H3,14,15,16,17). The predicted molar refractivity (Wildman–Crippen MR) is 70.3 cm³/mol. The monoisotopic (exact) mass is 228 g/mol. The number of nitrogens with zero attached hydrogens (tertiary/aromatic N) is 2. The number of benzene rings is 1. The van der Waals surface area contributed by atoms with Crippen LogP contribution in [0.1, 0.15) is 25.3 Å². The van der Waals surface area contributed by atoms with Crippen molar-refractivity contribution in [2.45, 2.75) is 19.8 Å². The molecule has 2 rings (SSSR count). The molecule has 0 fully saturated rings. The second-order valence-electron chi connectivity index (χ2n) is 4.23. The first-order chi connectivity index (χ1) is 8.15. The van der Waals surface area contributed by atoms with Gasteiger partial charge in [0.25, 0.3) is 0 Å². The SMILES string of the molecule is CC(C)c1cccc(Nc2cc(N)ncn2)c1. The zero-order valence-corrected chi connectivity index (χ0v) is 10.0. The molecule has 0 saturated carbocycles. The maximum atomic E-state index is 5.60. The van der Waals surface area contributed by atoms with Crippen LogP contribution in [0.3, 0.4) is 0 Å². The first kappa shape index (κ1) is 11.4. The molecule has 0 aliphatic rings. The van der Waals surface area contributed by atoms with Crippen LogP contribution in [0.2, 0.25) is 0 Å². The molecule has 0 atom stereocenters. The zero-order chi connectivity index (χ0) is 12.3. The molecule has 88 valence electrons. The van der Waals surface area contributed by atoms with Crippen LogP contribution in [0.5, 0.6) is 0 Å². The molecule has 0 amide bonds. The first-order valence-electron chi connectivity index (χ1n) is 5.59. The second-order valence-corrected chi connectivity index (χ2v) is 4.23. The normalized spacial score (nSPS) is 10.5. The molecule has 0 spiro atoms. The van der Waals surface area contributed by atoms with Gasteiger partial charge in [-0.05, 0) is 23.6 Å². The van der Waals surface area contributed by atoms with Crippen LogP contribution in [-0.4, -0.2) is 9.97 Å². The van der Waals surface area contributed by atoms with Crippen molar-refractivity contribution in [1.29, 1.82) is 0 Å². The third-order valence-corrected chi connectivity index (χ3v) is 2.51. The van der Waals surface area contributed by atoms with Gasteiger partial charge in [0.2, 0.25) is 0 Å². The van der Waals surface area contributed by atoms with Crippen LogP contribution in [0.4, 0.5) is 17.3 Å². The van der Waals surface area contributed by atoms with Crippen molar-refractivity contribution < 1.29 is 0 Å². The van der Waals surface area contributed by atoms with Gasteiger partial charge in [-0.15, -0.1) is 0 Å². The molecule has 4 nitrogen and oxygen atoms in total. The van der Waals surface area contributed by atoms with Gasteiger partial charge in [-0.2, -0.15) is 0 Å². The van der Waals surface area contributed by atoms with E-state index in [1.807, 2.05) is 12.1 Å². The third-order valence-electron chi connectivity index (χ3n) is 2.51. The lowest BCUT2D eigenvalue weighted by atomic mass is 10.0. The summed E-state index contributed by atoms with van der Waals surface area (Å²) in [5.74, 6) is 1.67. The summed E-state index contributed by atoms with van der Waals surface area (Å²) in [7, 11) is 0. The molecule has 0 radical (unpaired) electrons. The average molecular weight is 228 g/mol. The highest BCUT2D eigenvalue weighted by Crippen LogP contribution is 2.21. The van der Waals surface area contributed by atoms with Gasteiger partial charge in [0, 0.05) is 11.8 Å². The summed E-state index contributed by atoms with van der Waals surface area (Å²) in [5, 5.41) is 3.21.